The molecule has 1 heteroatoms. The molecule has 0 fully saturated rings. The first-order chi connectivity index (χ1) is 14.3. The van der Waals surface area contributed by atoms with Crippen molar-refractivity contribution in [2.24, 2.45) is 0 Å². The van der Waals surface area contributed by atoms with Gasteiger partial charge in [-0.2, -0.15) is 0 Å². The van der Waals surface area contributed by atoms with Gasteiger partial charge in [0.1, 0.15) is 0 Å². The maximum Gasteiger partial charge on any atom is 0.0181 e. The molecule has 0 nitrogen and oxygen atoms in total. The fraction of sp³-hybridized carbons (Fsp3) is 0. The van der Waals surface area contributed by atoms with E-state index in [0.29, 0.717) is 0 Å². The van der Waals surface area contributed by atoms with Crippen molar-refractivity contribution in [3.05, 3.63) is 108 Å². The van der Waals surface area contributed by atoms with E-state index in [0.717, 1.165) is 4.47 Å². The highest BCUT2D eigenvalue weighted by molar-refractivity contribution is 9.10. The molecule has 0 aliphatic rings. The summed E-state index contributed by atoms with van der Waals surface area (Å²) in [7, 11) is 0. The molecule has 0 atom stereocenters. The first-order valence-corrected chi connectivity index (χ1v) is 10.6. The summed E-state index contributed by atoms with van der Waals surface area (Å²) >= 11 is 3.63. The Morgan fingerprint density at radius 3 is 1.69 bits per heavy atom. The lowest BCUT2D eigenvalue weighted by molar-refractivity contribution is 1.68. The van der Waals surface area contributed by atoms with Crippen LogP contribution in [0.3, 0.4) is 0 Å². The maximum atomic E-state index is 3.63. The molecule has 0 aromatic heterocycles. The van der Waals surface area contributed by atoms with Gasteiger partial charge in [-0.15, -0.1) is 0 Å². The molecular weight excluding hydrogens is 416 g/mol. The summed E-state index contributed by atoms with van der Waals surface area (Å²) in [4.78, 5) is 0. The SMILES string of the molecule is Brc1ccc2ccc3c4cc(-c5ccc6ccccc6c5)ccc4ccc3c2c1. The average Bonchev–Trinajstić information content (AvgIpc) is 2.78. The van der Waals surface area contributed by atoms with Crippen LogP contribution in [0.25, 0.3) is 54.2 Å². The predicted molar refractivity (Wildman–Crippen MR) is 130 cm³/mol. The molecular formula is C28H17Br. The third-order valence-electron chi connectivity index (χ3n) is 5.88. The van der Waals surface area contributed by atoms with Crippen LogP contribution in [-0.4, -0.2) is 0 Å². The first-order valence-electron chi connectivity index (χ1n) is 9.80. The molecule has 0 aliphatic heterocycles. The lowest BCUT2D eigenvalue weighted by Gasteiger charge is -2.10. The Bertz CT molecular complexity index is 1560. The second-order valence-electron chi connectivity index (χ2n) is 7.59. The molecule has 0 bridgehead atoms. The quantitative estimate of drug-likeness (QED) is 0.228. The van der Waals surface area contributed by atoms with Gasteiger partial charge in [0.25, 0.3) is 0 Å². The normalized spacial score (nSPS) is 11.6. The van der Waals surface area contributed by atoms with E-state index in [2.05, 4.69) is 119 Å². The molecule has 0 amide bonds. The Hall–Kier alpha value is -3.16. The summed E-state index contributed by atoms with van der Waals surface area (Å²) < 4.78 is 1.11. The van der Waals surface area contributed by atoms with Crippen molar-refractivity contribution >= 4 is 59.0 Å². The second kappa shape index (κ2) is 6.43. The third-order valence-corrected chi connectivity index (χ3v) is 6.37. The standard InChI is InChI=1S/C28H17Br/c29-24-12-9-20-11-13-25-26(28(20)17-24)14-10-19-6-8-23(16-27(19)25)22-7-5-18-3-1-2-4-21(18)15-22/h1-17H. The number of rotatable bonds is 1. The minimum absolute atomic E-state index is 1.11. The fourth-order valence-electron chi connectivity index (χ4n) is 4.39. The van der Waals surface area contributed by atoms with Gasteiger partial charge in [-0.25, -0.2) is 0 Å². The highest BCUT2D eigenvalue weighted by atomic mass is 79.9. The first kappa shape index (κ1) is 16.8. The Morgan fingerprint density at radius 1 is 0.379 bits per heavy atom. The fourth-order valence-corrected chi connectivity index (χ4v) is 4.75. The van der Waals surface area contributed by atoms with Crippen LogP contribution in [0.4, 0.5) is 0 Å². The molecule has 0 heterocycles. The zero-order valence-corrected chi connectivity index (χ0v) is 17.3. The molecule has 6 rings (SSSR count). The average molecular weight is 433 g/mol. The van der Waals surface area contributed by atoms with Crippen molar-refractivity contribution in [2.45, 2.75) is 0 Å². The molecule has 0 saturated carbocycles. The van der Waals surface area contributed by atoms with Crippen LogP contribution in [0, 0.1) is 0 Å². The van der Waals surface area contributed by atoms with Crippen molar-refractivity contribution in [2.75, 3.05) is 0 Å². The van der Waals surface area contributed by atoms with E-state index < -0.39 is 0 Å². The Balaban J connectivity index is 1.63. The summed E-state index contributed by atoms with van der Waals surface area (Å²) in [6.45, 7) is 0. The molecule has 136 valence electrons. The molecule has 0 aliphatic carbocycles. The van der Waals surface area contributed by atoms with Crippen molar-refractivity contribution < 1.29 is 0 Å². The number of benzene rings is 6. The van der Waals surface area contributed by atoms with E-state index in [-0.39, 0.29) is 0 Å². The van der Waals surface area contributed by atoms with Crippen molar-refractivity contribution in [1.29, 1.82) is 0 Å². The minimum atomic E-state index is 1.11. The van der Waals surface area contributed by atoms with Gasteiger partial charge in [-0.1, -0.05) is 94.8 Å². The third kappa shape index (κ3) is 2.73. The van der Waals surface area contributed by atoms with Gasteiger partial charge >= 0.3 is 0 Å². The molecule has 0 saturated heterocycles. The molecule has 0 unspecified atom stereocenters. The van der Waals surface area contributed by atoms with Crippen LogP contribution < -0.4 is 0 Å². The van der Waals surface area contributed by atoms with Gasteiger partial charge in [0.05, 0.1) is 0 Å². The predicted octanol–water partition coefficient (Wildman–Crippen LogP) is 8.73. The van der Waals surface area contributed by atoms with Gasteiger partial charge in [-0.05, 0) is 78.5 Å². The van der Waals surface area contributed by atoms with Gasteiger partial charge in [0.15, 0.2) is 0 Å². The summed E-state index contributed by atoms with van der Waals surface area (Å²) in [5.74, 6) is 0. The van der Waals surface area contributed by atoms with Gasteiger partial charge in [0.2, 0.25) is 0 Å². The van der Waals surface area contributed by atoms with Crippen LogP contribution >= 0.6 is 15.9 Å². The lowest BCUT2D eigenvalue weighted by atomic mass is 9.94. The van der Waals surface area contributed by atoms with Gasteiger partial charge in [-0.3, -0.25) is 0 Å². The van der Waals surface area contributed by atoms with Crippen LogP contribution in [0.2, 0.25) is 0 Å². The van der Waals surface area contributed by atoms with Crippen LogP contribution in [-0.2, 0) is 0 Å². The van der Waals surface area contributed by atoms with E-state index in [4.69, 9.17) is 0 Å². The minimum Gasteiger partial charge on any atom is -0.0616 e. The van der Waals surface area contributed by atoms with Crippen LogP contribution in [0.1, 0.15) is 0 Å². The monoisotopic (exact) mass is 432 g/mol. The number of hydrogen-bond acceptors (Lipinski definition) is 0. The zero-order chi connectivity index (χ0) is 19.4. The van der Waals surface area contributed by atoms with Crippen molar-refractivity contribution in [3.63, 3.8) is 0 Å². The highest BCUT2D eigenvalue weighted by Gasteiger charge is 2.07. The van der Waals surface area contributed by atoms with E-state index in [1.807, 2.05) is 0 Å². The Morgan fingerprint density at radius 2 is 0.931 bits per heavy atom. The number of halogens is 1. The number of fused-ring (bicyclic) bond motifs is 6. The van der Waals surface area contributed by atoms with Crippen molar-refractivity contribution in [3.8, 4) is 11.1 Å². The van der Waals surface area contributed by atoms with Gasteiger partial charge < -0.3 is 0 Å². The lowest BCUT2D eigenvalue weighted by Crippen LogP contribution is -1.84. The molecule has 0 spiro atoms. The van der Waals surface area contributed by atoms with E-state index in [1.54, 1.807) is 0 Å². The van der Waals surface area contributed by atoms with Gasteiger partial charge in [0, 0.05) is 4.47 Å². The summed E-state index contributed by atoms with van der Waals surface area (Å²) in [6.07, 6.45) is 0. The molecule has 29 heavy (non-hydrogen) atoms. The summed E-state index contributed by atoms with van der Waals surface area (Å²) in [6, 6.07) is 37.5. The van der Waals surface area contributed by atoms with E-state index >= 15 is 0 Å². The molecule has 0 N–H and O–H groups in total. The summed E-state index contributed by atoms with van der Waals surface area (Å²) in [5.41, 5.74) is 2.51. The second-order valence-corrected chi connectivity index (χ2v) is 8.51. The van der Waals surface area contributed by atoms with Crippen molar-refractivity contribution in [1.82, 2.24) is 0 Å². The Kier molecular flexibility index (Phi) is 3.72. The summed E-state index contributed by atoms with van der Waals surface area (Å²) in [5, 5.41) is 10.3. The van der Waals surface area contributed by atoms with Crippen LogP contribution in [0.5, 0.6) is 0 Å². The zero-order valence-electron chi connectivity index (χ0n) is 15.7. The molecule has 0 radical (unpaired) electrons. The largest absolute Gasteiger partial charge is 0.0616 e. The molecule has 6 aromatic rings. The highest BCUT2D eigenvalue weighted by Crippen LogP contribution is 2.35. The van der Waals surface area contributed by atoms with E-state index in [1.165, 1.54) is 54.2 Å². The smallest absolute Gasteiger partial charge is 0.0181 e. The number of hydrogen-bond donors (Lipinski definition) is 0. The van der Waals surface area contributed by atoms with Crippen LogP contribution in [0.15, 0.2) is 108 Å². The topological polar surface area (TPSA) is 0 Å². The maximum absolute atomic E-state index is 3.63. The molecule has 6 aromatic carbocycles. The van der Waals surface area contributed by atoms with E-state index in [9.17, 15) is 0 Å². The Labute approximate surface area is 177 Å².